The molecule has 0 aliphatic heterocycles. The summed E-state index contributed by atoms with van der Waals surface area (Å²) < 4.78 is 4.30. The first-order valence-electron chi connectivity index (χ1n) is 9.74. The SMILES string of the molecule is CSc1nn(-c2ccccc2)c2nc(-c3ccc(Br)cc3)n(-c3ccc(Cl)cc3)c(=O)c12. The molecule has 0 radical (unpaired) electrons. The zero-order chi connectivity index (χ0) is 22.2. The lowest BCUT2D eigenvalue weighted by molar-refractivity contribution is 0.851. The van der Waals surface area contributed by atoms with Crippen molar-refractivity contribution in [3.05, 3.63) is 98.7 Å². The summed E-state index contributed by atoms with van der Waals surface area (Å²) in [4.78, 5) is 18.9. The number of para-hydroxylation sites is 1. The third-order valence-corrected chi connectivity index (χ3v) is 6.50. The van der Waals surface area contributed by atoms with Gasteiger partial charge in [0, 0.05) is 15.1 Å². The van der Waals surface area contributed by atoms with Crippen LogP contribution in [-0.4, -0.2) is 25.6 Å². The molecule has 0 fully saturated rings. The lowest BCUT2D eigenvalue weighted by Crippen LogP contribution is -2.22. The molecule has 0 aliphatic rings. The summed E-state index contributed by atoms with van der Waals surface area (Å²) in [5.41, 5.74) is 2.69. The fraction of sp³-hybridized carbons (Fsp3) is 0.0417. The fourth-order valence-corrected chi connectivity index (χ4v) is 4.49. The molecule has 5 rings (SSSR count). The largest absolute Gasteiger partial charge is 0.270 e. The predicted octanol–water partition coefficient (Wildman–Crippen LogP) is 6.38. The van der Waals surface area contributed by atoms with Crippen LogP contribution in [0.15, 0.2) is 93.2 Å². The number of halogens is 2. The fourth-order valence-electron chi connectivity index (χ4n) is 3.55. The molecule has 5 nitrogen and oxygen atoms in total. The smallest absolute Gasteiger partial charge is 0.268 e. The molecule has 2 heterocycles. The molecule has 32 heavy (non-hydrogen) atoms. The van der Waals surface area contributed by atoms with Crippen molar-refractivity contribution >= 4 is 50.3 Å². The van der Waals surface area contributed by atoms with Crippen LogP contribution < -0.4 is 5.56 Å². The third kappa shape index (κ3) is 3.66. The van der Waals surface area contributed by atoms with E-state index in [1.54, 1.807) is 21.4 Å². The summed E-state index contributed by atoms with van der Waals surface area (Å²) in [6.07, 6.45) is 1.91. The van der Waals surface area contributed by atoms with Crippen LogP contribution in [-0.2, 0) is 0 Å². The lowest BCUT2D eigenvalue weighted by Gasteiger charge is -2.14. The Morgan fingerprint density at radius 3 is 2.25 bits per heavy atom. The number of benzene rings is 3. The van der Waals surface area contributed by atoms with E-state index in [1.807, 2.05) is 73.0 Å². The highest BCUT2D eigenvalue weighted by Gasteiger charge is 2.22. The van der Waals surface area contributed by atoms with Gasteiger partial charge in [-0.3, -0.25) is 9.36 Å². The minimum absolute atomic E-state index is 0.179. The quantitative estimate of drug-likeness (QED) is 0.257. The maximum atomic E-state index is 13.9. The van der Waals surface area contributed by atoms with E-state index < -0.39 is 0 Å². The van der Waals surface area contributed by atoms with Crippen LogP contribution in [0, 0.1) is 0 Å². The Balaban J connectivity index is 1.90. The van der Waals surface area contributed by atoms with Crippen molar-refractivity contribution in [2.45, 2.75) is 5.03 Å². The van der Waals surface area contributed by atoms with E-state index in [1.165, 1.54) is 11.8 Å². The monoisotopic (exact) mass is 522 g/mol. The number of hydrogen-bond acceptors (Lipinski definition) is 4. The normalized spacial score (nSPS) is 11.2. The van der Waals surface area contributed by atoms with Crippen LogP contribution in [0.25, 0.3) is 33.8 Å². The summed E-state index contributed by atoms with van der Waals surface area (Å²) >= 11 is 11.0. The van der Waals surface area contributed by atoms with Gasteiger partial charge < -0.3 is 0 Å². The van der Waals surface area contributed by atoms with E-state index in [-0.39, 0.29) is 5.56 Å². The van der Waals surface area contributed by atoms with Crippen LogP contribution in [0.1, 0.15) is 0 Å². The number of rotatable bonds is 4. The molecule has 0 spiro atoms. The Labute approximate surface area is 201 Å². The van der Waals surface area contributed by atoms with Crippen LogP contribution in [0.3, 0.4) is 0 Å². The van der Waals surface area contributed by atoms with E-state index >= 15 is 0 Å². The molecule has 8 heteroatoms. The van der Waals surface area contributed by atoms with Gasteiger partial charge in [0.25, 0.3) is 5.56 Å². The number of hydrogen-bond donors (Lipinski definition) is 0. The Kier molecular flexibility index (Phi) is 5.63. The second kappa shape index (κ2) is 8.58. The van der Waals surface area contributed by atoms with Crippen molar-refractivity contribution in [3.63, 3.8) is 0 Å². The van der Waals surface area contributed by atoms with Gasteiger partial charge in [0.1, 0.15) is 16.2 Å². The highest BCUT2D eigenvalue weighted by molar-refractivity contribution is 9.10. The van der Waals surface area contributed by atoms with E-state index in [0.717, 1.165) is 15.7 Å². The van der Waals surface area contributed by atoms with Gasteiger partial charge in [-0.25, -0.2) is 9.67 Å². The molecule has 3 aromatic carbocycles. The maximum Gasteiger partial charge on any atom is 0.270 e. The van der Waals surface area contributed by atoms with Gasteiger partial charge in [-0.15, -0.1) is 11.8 Å². The molecular formula is C24H16BrClN4OS. The second-order valence-corrected chi connectivity index (χ2v) is 9.16. The van der Waals surface area contributed by atoms with E-state index in [2.05, 4.69) is 15.9 Å². The first-order chi connectivity index (χ1) is 15.6. The molecule has 0 N–H and O–H groups in total. The highest BCUT2D eigenvalue weighted by Crippen LogP contribution is 2.29. The third-order valence-electron chi connectivity index (χ3n) is 5.05. The number of thioether (sulfide) groups is 1. The summed E-state index contributed by atoms with van der Waals surface area (Å²) in [5, 5.41) is 6.43. The zero-order valence-electron chi connectivity index (χ0n) is 16.9. The van der Waals surface area contributed by atoms with Gasteiger partial charge in [0.2, 0.25) is 0 Å². The lowest BCUT2D eigenvalue weighted by atomic mass is 10.2. The molecule has 0 amide bonds. The van der Waals surface area contributed by atoms with Gasteiger partial charge in [-0.05, 0) is 54.8 Å². The predicted molar refractivity (Wildman–Crippen MR) is 134 cm³/mol. The molecular weight excluding hydrogens is 508 g/mol. The van der Waals surface area contributed by atoms with E-state index in [4.69, 9.17) is 21.7 Å². The average Bonchev–Trinajstić information content (AvgIpc) is 3.20. The van der Waals surface area contributed by atoms with Gasteiger partial charge in [0.05, 0.1) is 11.4 Å². The van der Waals surface area contributed by atoms with Crippen LogP contribution >= 0.6 is 39.3 Å². The summed E-state index contributed by atoms with van der Waals surface area (Å²) in [5.74, 6) is 0.530. The first-order valence-corrected chi connectivity index (χ1v) is 12.1. The van der Waals surface area contributed by atoms with Crippen molar-refractivity contribution in [2.75, 3.05) is 6.26 Å². The molecule has 0 saturated heterocycles. The van der Waals surface area contributed by atoms with Crippen molar-refractivity contribution in [1.29, 1.82) is 0 Å². The highest BCUT2D eigenvalue weighted by atomic mass is 79.9. The van der Waals surface area contributed by atoms with Crippen molar-refractivity contribution in [3.8, 4) is 22.8 Å². The molecule has 0 bridgehead atoms. The van der Waals surface area contributed by atoms with Crippen molar-refractivity contribution in [1.82, 2.24) is 19.3 Å². The maximum absolute atomic E-state index is 13.9. The zero-order valence-corrected chi connectivity index (χ0v) is 20.0. The van der Waals surface area contributed by atoms with Crippen molar-refractivity contribution in [2.24, 2.45) is 0 Å². The Bertz CT molecular complexity index is 1480. The molecule has 158 valence electrons. The Hall–Kier alpha value is -2.87. The first kappa shape index (κ1) is 21.0. The van der Waals surface area contributed by atoms with E-state index in [9.17, 15) is 4.79 Å². The van der Waals surface area contributed by atoms with Crippen LogP contribution in [0.4, 0.5) is 0 Å². The summed E-state index contributed by atoms with van der Waals surface area (Å²) in [6.45, 7) is 0. The second-order valence-electron chi connectivity index (χ2n) is 7.01. The van der Waals surface area contributed by atoms with E-state index in [0.29, 0.717) is 32.6 Å². The average molecular weight is 524 g/mol. The van der Waals surface area contributed by atoms with Crippen molar-refractivity contribution < 1.29 is 0 Å². The summed E-state index contributed by atoms with van der Waals surface area (Å²) in [7, 11) is 0. The topological polar surface area (TPSA) is 52.7 Å². The minimum atomic E-state index is -0.179. The van der Waals surface area contributed by atoms with Crippen LogP contribution in [0.5, 0.6) is 0 Å². The molecule has 0 atom stereocenters. The van der Waals surface area contributed by atoms with Gasteiger partial charge in [0.15, 0.2) is 5.65 Å². The molecule has 2 aromatic heterocycles. The minimum Gasteiger partial charge on any atom is -0.268 e. The standard InChI is InChI=1S/C24H16BrClN4OS/c1-32-23-20-22(30(28-23)19-5-3-2-4-6-19)27-21(15-7-9-16(25)10-8-15)29(24(20)31)18-13-11-17(26)12-14-18/h2-14H,1H3. The number of nitrogens with zero attached hydrogens (tertiary/aromatic N) is 4. The Morgan fingerprint density at radius 2 is 1.59 bits per heavy atom. The molecule has 0 saturated carbocycles. The Morgan fingerprint density at radius 1 is 0.906 bits per heavy atom. The molecule has 0 aliphatic carbocycles. The van der Waals surface area contributed by atoms with Gasteiger partial charge >= 0.3 is 0 Å². The van der Waals surface area contributed by atoms with Gasteiger partial charge in [-0.1, -0.05) is 57.9 Å². The molecule has 5 aromatic rings. The van der Waals surface area contributed by atoms with Gasteiger partial charge in [-0.2, -0.15) is 5.10 Å². The number of aromatic nitrogens is 4. The summed E-state index contributed by atoms with van der Waals surface area (Å²) in [6, 6.07) is 24.6. The molecule has 0 unspecified atom stereocenters. The van der Waals surface area contributed by atoms with Crippen LogP contribution in [0.2, 0.25) is 5.02 Å². The number of fused-ring (bicyclic) bond motifs is 1.